The molecule has 0 aliphatic carbocycles. The number of hydrogen-bond donors (Lipinski definition) is 0. The number of hydrogen-bond acceptors (Lipinski definition) is 0. The topological polar surface area (TPSA) is 0 Å². The summed E-state index contributed by atoms with van der Waals surface area (Å²) in [5.74, 6) is -0.139. The van der Waals surface area contributed by atoms with Crippen LogP contribution in [0.5, 0.6) is 0 Å². The van der Waals surface area contributed by atoms with Gasteiger partial charge in [0, 0.05) is 0 Å². The second kappa shape index (κ2) is 13.4. The second-order valence-electron chi connectivity index (χ2n) is 3.46. The van der Waals surface area contributed by atoms with Crippen molar-refractivity contribution in [1.82, 2.24) is 0 Å². The normalized spacial score (nSPS) is 11.1. The van der Waals surface area contributed by atoms with Gasteiger partial charge in [0.05, 0.1) is 0 Å². The molecule has 24 heavy (non-hydrogen) atoms. The summed E-state index contributed by atoms with van der Waals surface area (Å²) in [4.78, 5) is 0. The van der Waals surface area contributed by atoms with E-state index in [9.17, 15) is 56.2 Å². The zero-order valence-electron chi connectivity index (χ0n) is 11.7. The fraction of sp³-hybridized carbons (Fsp3) is 0.143. The van der Waals surface area contributed by atoms with Crippen molar-refractivity contribution in [3.05, 3.63) is 35.6 Å². The molecule has 1 aromatic rings. The van der Waals surface area contributed by atoms with Crippen LogP contribution < -0.4 is 0 Å². The zero-order valence-corrected chi connectivity index (χ0v) is 14.8. The van der Waals surface area contributed by atoms with Crippen LogP contribution >= 0.6 is 0 Å². The Morgan fingerprint density at radius 1 is 0.583 bits per heavy atom. The average molecular weight is 409 g/mol. The van der Waals surface area contributed by atoms with Gasteiger partial charge in [-0.05, 0) is 0 Å². The third kappa shape index (κ3) is 67.1. The van der Waals surface area contributed by atoms with Crippen LogP contribution in [-0.2, 0) is 0.515 Å². The summed E-state index contributed by atoms with van der Waals surface area (Å²) in [6, 6.07) is 6.73. The maximum absolute atomic E-state index is 12.2. The summed E-state index contributed by atoms with van der Waals surface area (Å²) >= 11 is 0.838. The summed E-state index contributed by atoms with van der Waals surface area (Å²) in [5, 5.41) is 0. The van der Waals surface area contributed by atoms with E-state index in [1.54, 1.807) is 0 Å². The van der Waals surface area contributed by atoms with E-state index < -0.39 is 21.8 Å². The minimum absolute atomic E-state index is 0.139. The molecule has 0 heterocycles. The van der Waals surface area contributed by atoms with Gasteiger partial charge < -0.3 is 51.8 Å². The molecule has 1 rings (SSSR count). The van der Waals surface area contributed by atoms with Crippen molar-refractivity contribution >= 4 is 70.7 Å². The van der Waals surface area contributed by atoms with E-state index >= 15 is 0 Å². The summed E-state index contributed by atoms with van der Waals surface area (Å²) in [7, 11) is -18.0. The van der Waals surface area contributed by atoms with Crippen LogP contribution in [0, 0.1) is 5.82 Å². The van der Waals surface area contributed by atoms with Gasteiger partial charge in [-0.3, -0.25) is 0 Å². The van der Waals surface area contributed by atoms with Crippen molar-refractivity contribution in [1.29, 1.82) is 0 Å². The van der Waals surface area contributed by atoms with E-state index in [0.717, 1.165) is 49.5 Å². The third-order valence-corrected chi connectivity index (χ3v) is 2.60. The molecule has 138 valence electrons. The molecular weight excluding hydrogens is 403 g/mol. The molecule has 0 unspecified atom stereocenters. The molecule has 0 aliphatic heterocycles. The van der Waals surface area contributed by atoms with Gasteiger partial charge in [0.25, 0.3) is 0 Å². The van der Waals surface area contributed by atoms with E-state index in [-0.39, 0.29) is 5.82 Å². The molecule has 0 fully saturated rings. The van der Waals surface area contributed by atoms with Crippen LogP contribution in [0.4, 0.5) is 56.2 Å². The Kier molecular flexibility index (Phi) is 16.1. The van der Waals surface area contributed by atoms with Crippen molar-refractivity contribution in [3.63, 3.8) is 0 Å². The van der Waals surface area contributed by atoms with Crippen LogP contribution in [0.2, 0.25) is 0 Å². The van der Waals surface area contributed by atoms with Gasteiger partial charge in [0.15, 0.2) is 0 Å². The average Bonchev–Trinajstić information content (AvgIpc) is 2.23. The molecule has 0 amide bonds. The molecule has 0 aromatic heterocycles. The molecule has 0 saturated heterocycles. The van der Waals surface area contributed by atoms with Gasteiger partial charge in [-0.2, -0.15) is 0 Å². The van der Waals surface area contributed by atoms with Gasteiger partial charge in [-0.15, -0.1) is 0 Å². The van der Waals surface area contributed by atoms with Gasteiger partial charge >= 0.3 is 111 Å². The first kappa shape index (κ1) is 28.9. The molecule has 0 N–H and O–H groups in total. The SMILES string of the molecule is F[B-](F)(F)F.F[B-](F)(F)F.F[B-](F)(F)F.Fc1ccc([CH2][K])cc1. The molecule has 0 nitrogen and oxygen atoms in total. The third-order valence-electron chi connectivity index (χ3n) is 1.32. The molecule has 0 atom stereocenters. The number of rotatable bonds is 1. The predicted molar refractivity (Wildman–Crippen MR) is 66.4 cm³/mol. The van der Waals surface area contributed by atoms with Crippen molar-refractivity contribution in [3.8, 4) is 0 Å². The van der Waals surface area contributed by atoms with Gasteiger partial charge in [-0.1, -0.05) is 0 Å². The molecule has 1 aromatic carbocycles. The second-order valence-corrected chi connectivity index (χ2v) is 4.57. The Bertz CT molecular complexity index is 365. The first-order valence-corrected chi connectivity index (χ1v) is 7.90. The van der Waals surface area contributed by atoms with Crippen molar-refractivity contribution in [2.24, 2.45) is 0 Å². The molecule has 0 saturated carbocycles. The van der Waals surface area contributed by atoms with Crippen LogP contribution in [0.3, 0.4) is 0 Å². The number of halogens is 13. The molecule has 0 aliphatic rings. The first-order valence-electron chi connectivity index (χ1n) is 5.69. The summed E-state index contributed by atoms with van der Waals surface area (Å²) in [5.41, 5.74) is 1.26. The van der Waals surface area contributed by atoms with E-state index in [4.69, 9.17) is 0 Å². The molecule has 17 heteroatoms. The van der Waals surface area contributed by atoms with Crippen molar-refractivity contribution in [2.45, 2.75) is 0.515 Å². The van der Waals surface area contributed by atoms with E-state index in [0.29, 0.717) is 0 Å². The predicted octanol–water partition coefficient (Wildman–Crippen LogP) is 5.39. The van der Waals surface area contributed by atoms with E-state index in [2.05, 4.69) is 0 Å². The maximum atomic E-state index is 12.2. The molecule has 0 bridgehead atoms. The van der Waals surface area contributed by atoms with Crippen LogP contribution in [-0.4, -0.2) is 70.7 Å². The van der Waals surface area contributed by atoms with Gasteiger partial charge in [0.2, 0.25) is 0 Å². The molecule has 0 radical (unpaired) electrons. The Hall–Kier alpha value is 0.141. The van der Waals surface area contributed by atoms with Crippen LogP contribution in [0.15, 0.2) is 24.3 Å². The van der Waals surface area contributed by atoms with Crippen molar-refractivity contribution in [2.75, 3.05) is 0 Å². The Morgan fingerprint density at radius 3 is 0.958 bits per heavy atom. The summed E-state index contributed by atoms with van der Waals surface area (Å²) in [6.45, 7) is 0. The summed E-state index contributed by atoms with van der Waals surface area (Å²) < 4.78 is 130. The monoisotopic (exact) mass is 409 g/mol. The molecule has 0 spiro atoms. The van der Waals surface area contributed by atoms with E-state index in [1.807, 2.05) is 12.1 Å². The quantitative estimate of drug-likeness (QED) is 0.431. The Balaban J connectivity index is -0.000000259. The fourth-order valence-corrected chi connectivity index (χ4v) is 1.46. The fourth-order valence-electron chi connectivity index (χ4n) is 0.720. The van der Waals surface area contributed by atoms with E-state index in [1.165, 1.54) is 17.7 Å². The van der Waals surface area contributed by atoms with Gasteiger partial charge in [-0.25, -0.2) is 0 Å². The molecular formula is C7H6B3F13K-3. The Labute approximate surface area is 162 Å². The van der Waals surface area contributed by atoms with Crippen molar-refractivity contribution < 1.29 is 56.2 Å². The first-order chi connectivity index (χ1) is 10.3. The minimum atomic E-state index is -6.00. The zero-order chi connectivity index (χ0) is 20.2. The van der Waals surface area contributed by atoms with Gasteiger partial charge in [0.1, 0.15) is 0 Å². The summed E-state index contributed by atoms with van der Waals surface area (Å²) in [6.07, 6.45) is 0. The standard InChI is InChI=1S/C7H6F.3BF4.K/c1-6-2-4-7(8)5-3-6;3*2-1(3,4)5;/h2-5H,1H2;;;;/q;3*-1;. The van der Waals surface area contributed by atoms with Crippen LogP contribution in [0.1, 0.15) is 5.56 Å². The van der Waals surface area contributed by atoms with Crippen LogP contribution in [0.25, 0.3) is 0 Å². The number of benzene rings is 1. The Morgan fingerprint density at radius 2 is 0.792 bits per heavy atom.